The largest absolute Gasteiger partial charge is 0.452 e. The summed E-state index contributed by atoms with van der Waals surface area (Å²) in [6.45, 7) is -0.788. The molecule has 3 N–H and O–H groups in total. The van der Waals surface area contributed by atoms with E-state index in [2.05, 4.69) is 15.0 Å². The van der Waals surface area contributed by atoms with Crippen molar-refractivity contribution in [3.8, 4) is 23.0 Å². The second-order valence-electron chi connectivity index (χ2n) is 5.93. The molecule has 0 amide bonds. The van der Waals surface area contributed by atoms with Crippen LogP contribution >= 0.6 is 0 Å². The van der Waals surface area contributed by atoms with Crippen molar-refractivity contribution in [1.29, 1.82) is 0 Å². The van der Waals surface area contributed by atoms with Crippen LogP contribution in [0.15, 0.2) is 16.9 Å². The lowest BCUT2D eigenvalue weighted by atomic mass is 10.0. The van der Waals surface area contributed by atoms with Gasteiger partial charge in [-0.05, 0) is 12.1 Å². The minimum absolute atomic E-state index is 0.0196. The van der Waals surface area contributed by atoms with Crippen LogP contribution in [-0.2, 0) is 13.2 Å². The number of nitrogens with one attached hydrogen (secondary N) is 1. The molecule has 2 aliphatic rings. The number of pyridine rings is 3. The lowest BCUT2D eigenvalue weighted by molar-refractivity contribution is 0.104. The van der Waals surface area contributed by atoms with Gasteiger partial charge in [0.05, 0.1) is 35.7 Å². The molecule has 0 aromatic carbocycles. The molecule has 3 aromatic heterocycles. The van der Waals surface area contributed by atoms with Crippen LogP contribution in [0.2, 0.25) is 0 Å². The Labute approximate surface area is 144 Å². The monoisotopic (exact) mass is 353 g/mol. The summed E-state index contributed by atoms with van der Waals surface area (Å²) >= 11 is 0. The number of hydrogen-bond donors (Lipinski definition) is 3. The van der Waals surface area contributed by atoms with Gasteiger partial charge in [-0.3, -0.25) is 9.59 Å². The Kier molecular flexibility index (Phi) is 2.94. The number of ketones is 1. The molecule has 0 radical (unpaired) electrons. The fourth-order valence-corrected chi connectivity index (χ4v) is 3.35. The first-order chi connectivity index (χ1) is 12.6. The SMILES string of the molecule is O=C1c2cc3c(nc2-c2[nH]c(=O)c4nc(CO)c(CO)cc4c21)OCO3. The second-order valence-corrected chi connectivity index (χ2v) is 5.93. The summed E-state index contributed by atoms with van der Waals surface area (Å²) in [5, 5.41) is 19.2. The average Bonchev–Trinajstić information content (AvgIpc) is 3.22. The van der Waals surface area contributed by atoms with Gasteiger partial charge in [0.25, 0.3) is 11.4 Å². The van der Waals surface area contributed by atoms with Crippen molar-refractivity contribution in [2.24, 2.45) is 0 Å². The van der Waals surface area contributed by atoms with Crippen molar-refractivity contribution in [3.05, 3.63) is 44.9 Å². The first-order valence-corrected chi connectivity index (χ1v) is 7.78. The highest BCUT2D eigenvalue weighted by Gasteiger charge is 2.35. The number of carbonyl (C=O) groups is 1. The summed E-state index contributed by atoms with van der Waals surface area (Å²) in [7, 11) is 0. The smallest absolute Gasteiger partial charge is 0.274 e. The Morgan fingerprint density at radius 3 is 2.73 bits per heavy atom. The van der Waals surface area contributed by atoms with Gasteiger partial charge in [-0.2, -0.15) is 0 Å². The van der Waals surface area contributed by atoms with Crippen molar-refractivity contribution in [3.63, 3.8) is 0 Å². The zero-order chi connectivity index (χ0) is 18.0. The molecule has 0 bridgehead atoms. The molecule has 130 valence electrons. The normalized spacial score (nSPS) is 14.0. The molecule has 26 heavy (non-hydrogen) atoms. The van der Waals surface area contributed by atoms with E-state index >= 15 is 0 Å². The maximum absolute atomic E-state index is 13.0. The first kappa shape index (κ1) is 15.0. The quantitative estimate of drug-likeness (QED) is 0.466. The van der Waals surface area contributed by atoms with Crippen LogP contribution in [0.4, 0.5) is 0 Å². The minimum Gasteiger partial charge on any atom is -0.452 e. The third-order valence-corrected chi connectivity index (χ3v) is 4.56. The van der Waals surface area contributed by atoms with Crippen LogP contribution in [0.1, 0.15) is 27.2 Å². The fraction of sp³-hybridized carbons (Fsp3) is 0.176. The van der Waals surface area contributed by atoms with Crippen molar-refractivity contribution in [2.45, 2.75) is 13.2 Å². The van der Waals surface area contributed by atoms with Gasteiger partial charge >= 0.3 is 0 Å². The zero-order valence-corrected chi connectivity index (χ0v) is 13.2. The van der Waals surface area contributed by atoms with Gasteiger partial charge in [0.2, 0.25) is 6.79 Å². The van der Waals surface area contributed by atoms with E-state index in [1.807, 2.05) is 0 Å². The van der Waals surface area contributed by atoms with Crippen LogP contribution in [0.25, 0.3) is 22.3 Å². The van der Waals surface area contributed by atoms with E-state index in [0.717, 1.165) is 0 Å². The first-order valence-electron chi connectivity index (χ1n) is 7.78. The third kappa shape index (κ3) is 1.81. The van der Waals surface area contributed by atoms with E-state index in [0.29, 0.717) is 28.0 Å². The van der Waals surface area contributed by atoms with E-state index in [-0.39, 0.29) is 47.5 Å². The molecule has 1 aliphatic heterocycles. The average molecular weight is 353 g/mol. The Morgan fingerprint density at radius 2 is 1.96 bits per heavy atom. The highest BCUT2D eigenvalue weighted by Crippen LogP contribution is 2.42. The van der Waals surface area contributed by atoms with Gasteiger partial charge < -0.3 is 24.7 Å². The predicted molar refractivity (Wildman–Crippen MR) is 87.0 cm³/mol. The summed E-state index contributed by atoms with van der Waals surface area (Å²) in [5.74, 6) is 0.299. The number of ether oxygens (including phenoxy) is 2. The number of aliphatic hydroxyl groups is 2. The highest BCUT2D eigenvalue weighted by atomic mass is 16.7. The van der Waals surface area contributed by atoms with Gasteiger partial charge in [0, 0.05) is 10.9 Å². The molecular weight excluding hydrogens is 342 g/mol. The molecule has 0 fully saturated rings. The van der Waals surface area contributed by atoms with Gasteiger partial charge in [-0.25, -0.2) is 9.97 Å². The highest BCUT2D eigenvalue weighted by molar-refractivity contribution is 6.26. The van der Waals surface area contributed by atoms with E-state index in [1.54, 1.807) is 6.07 Å². The number of hydrogen-bond acceptors (Lipinski definition) is 8. The molecule has 0 spiro atoms. The standard InChI is InChI=1S/C17H11N3O6/c21-3-6-1-7-11-14(19-16(24)13(7)18-9(6)4-22)12-8(15(11)23)2-10-17(20-12)26-5-25-10/h1-2,21-22H,3-5H2,(H,19,24). The van der Waals surface area contributed by atoms with Gasteiger partial charge in [0.15, 0.2) is 11.5 Å². The number of rotatable bonds is 2. The van der Waals surface area contributed by atoms with Gasteiger partial charge in [0.1, 0.15) is 11.2 Å². The molecule has 0 saturated heterocycles. The predicted octanol–water partition coefficient (Wildman–Crippen LogP) is 0.243. The topological polar surface area (TPSA) is 135 Å². The molecule has 9 heteroatoms. The molecule has 1 aliphatic carbocycles. The zero-order valence-electron chi connectivity index (χ0n) is 13.2. The molecule has 3 aromatic rings. The summed E-state index contributed by atoms with van der Waals surface area (Å²) in [6, 6.07) is 3.05. The summed E-state index contributed by atoms with van der Waals surface area (Å²) in [4.78, 5) is 36.6. The lowest BCUT2D eigenvalue weighted by Crippen LogP contribution is -2.14. The Morgan fingerprint density at radius 1 is 1.12 bits per heavy atom. The van der Waals surface area contributed by atoms with Gasteiger partial charge in [-0.15, -0.1) is 0 Å². The molecule has 5 rings (SSSR count). The van der Waals surface area contributed by atoms with Crippen LogP contribution in [-0.4, -0.2) is 37.7 Å². The summed E-state index contributed by atoms with van der Waals surface area (Å²) < 4.78 is 10.5. The maximum Gasteiger partial charge on any atom is 0.274 e. The number of nitrogens with zero attached hydrogens (tertiary/aromatic N) is 2. The van der Waals surface area contributed by atoms with Crippen LogP contribution in [0, 0.1) is 0 Å². The number of H-pyrrole nitrogens is 1. The fourth-order valence-electron chi connectivity index (χ4n) is 3.35. The number of aliphatic hydroxyl groups excluding tert-OH is 2. The molecule has 0 saturated carbocycles. The molecule has 4 heterocycles. The lowest BCUT2D eigenvalue weighted by Gasteiger charge is -2.09. The molecule has 0 atom stereocenters. The van der Waals surface area contributed by atoms with Crippen molar-refractivity contribution in [1.82, 2.24) is 15.0 Å². The maximum atomic E-state index is 13.0. The molecule has 9 nitrogen and oxygen atoms in total. The van der Waals surface area contributed by atoms with E-state index in [1.165, 1.54) is 6.07 Å². The van der Waals surface area contributed by atoms with Crippen molar-refractivity contribution >= 4 is 16.7 Å². The van der Waals surface area contributed by atoms with E-state index in [9.17, 15) is 19.8 Å². The van der Waals surface area contributed by atoms with E-state index < -0.39 is 12.2 Å². The van der Waals surface area contributed by atoms with Crippen molar-refractivity contribution in [2.75, 3.05) is 6.79 Å². The molecular formula is C17H11N3O6. The van der Waals surface area contributed by atoms with Crippen LogP contribution in [0.5, 0.6) is 11.6 Å². The summed E-state index contributed by atoms with van der Waals surface area (Å²) in [6.07, 6.45) is 0. The minimum atomic E-state index is -0.516. The van der Waals surface area contributed by atoms with E-state index in [4.69, 9.17) is 9.47 Å². The van der Waals surface area contributed by atoms with Gasteiger partial charge in [-0.1, -0.05) is 0 Å². The number of fused-ring (bicyclic) bond motifs is 6. The Balaban J connectivity index is 1.87. The number of aromatic amines is 1. The molecule has 0 unspecified atom stereocenters. The number of aromatic nitrogens is 3. The van der Waals surface area contributed by atoms with Crippen LogP contribution < -0.4 is 15.0 Å². The Hall–Kier alpha value is -3.30. The Bertz CT molecular complexity index is 1180. The van der Waals surface area contributed by atoms with Crippen molar-refractivity contribution < 1.29 is 24.5 Å². The van der Waals surface area contributed by atoms with Crippen LogP contribution in [0.3, 0.4) is 0 Å². The number of carbonyl (C=O) groups excluding carboxylic acids is 1. The second kappa shape index (κ2) is 5.10. The third-order valence-electron chi connectivity index (χ3n) is 4.56. The summed E-state index contributed by atoms with van der Waals surface area (Å²) in [5.41, 5.74) is 1.17.